The van der Waals surface area contributed by atoms with Crippen molar-refractivity contribution in [1.82, 2.24) is 19.4 Å². The van der Waals surface area contributed by atoms with Crippen molar-refractivity contribution < 1.29 is 22.8 Å². The maximum atomic E-state index is 14.5. The van der Waals surface area contributed by atoms with Gasteiger partial charge < -0.3 is 9.80 Å². The van der Waals surface area contributed by atoms with Crippen molar-refractivity contribution in [3.05, 3.63) is 153 Å². The van der Waals surface area contributed by atoms with Crippen LogP contribution in [-0.4, -0.2) is 53.9 Å². The molecule has 2 heterocycles. The molecule has 1 aromatic heterocycles. The number of hydrogen-bond acceptors (Lipinski definition) is 6. The molecule has 286 valence electrons. The summed E-state index contributed by atoms with van der Waals surface area (Å²) in [5.74, 6) is -1.68. The Kier molecular flexibility index (Phi) is 11.1. The fourth-order valence-electron chi connectivity index (χ4n) is 7.01. The first-order valence-corrected chi connectivity index (χ1v) is 20.6. The highest BCUT2D eigenvalue weighted by atomic mass is 35.5. The topological polar surface area (TPSA) is 122 Å². The largest absolute Gasteiger partial charge is 0.334 e. The van der Waals surface area contributed by atoms with E-state index in [1.54, 1.807) is 34.9 Å². The minimum atomic E-state index is -4.28. The number of sulfonamides is 1. The number of fused-ring (bicyclic) bond motifs is 2. The summed E-state index contributed by atoms with van der Waals surface area (Å²) in [6, 6.07) is 32.0. The van der Waals surface area contributed by atoms with Gasteiger partial charge in [0.05, 0.1) is 26.9 Å². The molecule has 0 atom stereocenters. The number of aryl methyl sites for hydroxylation is 1. The molecule has 12 heteroatoms. The number of nitrogens with zero attached hydrogens (tertiary/aromatic N) is 4. The molecule has 5 aromatic carbocycles. The zero-order valence-corrected chi connectivity index (χ0v) is 33.0. The average Bonchev–Trinajstić information content (AvgIpc) is 3.52. The van der Waals surface area contributed by atoms with Crippen molar-refractivity contribution in [3.8, 4) is 5.69 Å². The first kappa shape index (κ1) is 38.5. The third-order valence-electron chi connectivity index (χ3n) is 10.3. The van der Waals surface area contributed by atoms with Crippen LogP contribution in [0.3, 0.4) is 0 Å². The van der Waals surface area contributed by atoms with E-state index in [1.807, 2.05) is 60.7 Å². The van der Waals surface area contributed by atoms with Gasteiger partial charge in [0.1, 0.15) is 0 Å². The van der Waals surface area contributed by atoms with Crippen LogP contribution in [0.1, 0.15) is 80.3 Å². The maximum absolute atomic E-state index is 14.5. The van der Waals surface area contributed by atoms with E-state index in [9.17, 15) is 22.8 Å². The maximum Gasteiger partial charge on any atom is 0.280 e. The molecule has 56 heavy (non-hydrogen) atoms. The van der Waals surface area contributed by atoms with Gasteiger partial charge in [-0.2, -0.15) is 5.10 Å². The van der Waals surface area contributed by atoms with Gasteiger partial charge in [-0.05, 0) is 96.1 Å². The highest BCUT2D eigenvalue weighted by Crippen LogP contribution is 2.30. The average molecular weight is 788 g/mol. The van der Waals surface area contributed by atoms with Crippen molar-refractivity contribution in [2.75, 3.05) is 18.0 Å². The fourth-order valence-corrected chi connectivity index (χ4v) is 8.21. The molecule has 3 amide bonds. The molecule has 10 nitrogen and oxygen atoms in total. The Bertz CT molecular complexity index is 2590. The van der Waals surface area contributed by atoms with Gasteiger partial charge in [-0.25, -0.2) is 17.8 Å². The van der Waals surface area contributed by atoms with E-state index in [2.05, 4.69) is 18.6 Å². The molecule has 1 aliphatic heterocycles. The quantitative estimate of drug-likeness (QED) is 0.141. The molecule has 0 bridgehead atoms. The Labute approximate surface area is 331 Å². The number of anilines is 1. The monoisotopic (exact) mass is 787 g/mol. The van der Waals surface area contributed by atoms with E-state index in [0.717, 1.165) is 47.0 Å². The van der Waals surface area contributed by atoms with Crippen LogP contribution >= 0.6 is 11.6 Å². The van der Waals surface area contributed by atoms with Gasteiger partial charge >= 0.3 is 0 Å². The van der Waals surface area contributed by atoms with Crippen LogP contribution in [-0.2, 0) is 29.4 Å². The van der Waals surface area contributed by atoms with Crippen LogP contribution < -0.4 is 9.62 Å². The summed E-state index contributed by atoms with van der Waals surface area (Å²) in [5, 5.41) is 6.41. The number of benzene rings is 5. The molecular weight excluding hydrogens is 746 g/mol. The first-order valence-electron chi connectivity index (χ1n) is 18.7. The van der Waals surface area contributed by atoms with Crippen molar-refractivity contribution >= 4 is 55.8 Å². The molecule has 6 aromatic rings. The second-order valence-electron chi connectivity index (χ2n) is 13.9. The first-order chi connectivity index (χ1) is 27.0. The Morgan fingerprint density at radius 1 is 0.857 bits per heavy atom. The van der Waals surface area contributed by atoms with Crippen LogP contribution in [0.4, 0.5) is 5.69 Å². The Morgan fingerprint density at radius 3 is 2.30 bits per heavy atom. The van der Waals surface area contributed by atoms with E-state index in [1.165, 1.54) is 35.0 Å². The molecule has 7 rings (SSSR count). The number of rotatable bonds is 11. The second kappa shape index (κ2) is 16.1. The summed E-state index contributed by atoms with van der Waals surface area (Å²) in [4.78, 5) is 45.8. The van der Waals surface area contributed by atoms with Gasteiger partial charge in [0.15, 0.2) is 5.69 Å². The predicted molar refractivity (Wildman–Crippen MR) is 219 cm³/mol. The molecule has 0 spiro atoms. The summed E-state index contributed by atoms with van der Waals surface area (Å²) in [6.45, 7) is 7.05. The van der Waals surface area contributed by atoms with E-state index in [4.69, 9.17) is 16.7 Å². The fraction of sp³-hybridized carbons (Fsp3) is 0.227. The normalized spacial score (nSPS) is 12.7. The summed E-state index contributed by atoms with van der Waals surface area (Å²) >= 11 is 6.90. The van der Waals surface area contributed by atoms with Crippen LogP contribution in [0.2, 0.25) is 5.02 Å². The highest BCUT2D eigenvalue weighted by molar-refractivity contribution is 7.90. The summed E-state index contributed by atoms with van der Waals surface area (Å²) in [6.07, 6.45) is 3.13. The third-order valence-corrected chi connectivity index (χ3v) is 12.1. The minimum absolute atomic E-state index is 0.0217. The van der Waals surface area contributed by atoms with Crippen LogP contribution in [0.5, 0.6) is 0 Å². The molecule has 0 saturated heterocycles. The Balaban J connectivity index is 1.27. The SMILES string of the molecule is CCCCN(C(=O)c1nn(-c2ccc(C(=O)NS(=O)(=O)c3ccc4ccccc4c3)cc2C(=O)N2CCc3ccccc3C2)c(C)c1Cl)c1ccc(CC)cc1. The lowest BCUT2D eigenvalue weighted by Crippen LogP contribution is -2.37. The molecule has 1 N–H and O–H groups in total. The molecule has 1 aliphatic rings. The lowest BCUT2D eigenvalue weighted by molar-refractivity contribution is 0.0734. The predicted octanol–water partition coefficient (Wildman–Crippen LogP) is 8.31. The molecule has 0 unspecified atom stereocenters. The number of hydrogen-bond donors (Lipinski definition) is 1. The lowest BCUT2D eigenvalue weighted by Gasteiger charge is -2.29. The van der Waals surface area contributed by atoms with Gasteiger partial charge in [0.2, 0.25) is 0 Å². The van der Waals surface area contributed by atoms with E-state index >= 15 is 0 Å². The van der Waals surface area contributed by atoms with Crippen LogP contribution in [0, 0.1) is 6.92 Å². The van der Waals surface area contributed by atoms with Crippen LogP contribution in [0.15, 0.2) is 114 Å². The number of carbonyl (C=O) groups excluding carboxylic acids is 3. The Morgan fingerprint density at radius 2 is 1.57 bits per heavy atom. The molecule has 0 fully saturated rings. The van der Waals surface area contributed by atoms with E-state index in [0.29, 0.717) is 37.1 Å². The van der Waals surface area contributed by atoms with E-state index < -0.39 is 15.9 Å². The zero-order valence-electron chi connectivity index (χ0n) is 31.5. The number of halogens is 1. The molecule has 0 radical (unpaired) electrons. The van der Waals surface area contributed by atoms with Gasteiger partial charge in [-0.1, -0.05) is 98.6 Å². The van der Waals surface area contributed by atoms with Crippen molar-refractivity contribution in [2.24, 2.45) is 0 Å². The summed E-state index contributed by atoms with van der Waals surface area (Å²) in [5.41, 5.74) is 4.80. The summed E-state index contributed by atoms with van der Waals surface area (Å²) in [7, 11) is -4.28. The van der Waals surface area contributed by atoms with E-state index in [-0.39, 0.29) is 44.2 Å². The number of aromatic nitrogens is 2. The zero-order chi connectivity index (χ0) is 39.6. The van der Waals surface area contributed by atoms with Crippen LogP contribution in [0.25, 0.3) is 16.5 Å². The second-order valence-corrected chi connectivity index (χ2v) is 16.0. The number of nitrogens with one attached hydrogen (secondary N) is 1. The van der Waals surface area contributed by atoms with Crippen molar-refractivity contribution in [3.63, 3.8) is 0 Å². The van der Waals surface area contributed by atoms with Crippen molar-refractivity contribution in [1.29, 1.82) is 0 Å². The number of amides is 3. The molecular formula is C44H42ClN5O5S. The lowest BCUT2D eigenvalue weighted by atomic mass is 9.98. The third kappa shape index (κ3) is 7.69. The van der Waals surface area contributed by atoms with Gasteiger partial charge in [-0.3, -0.25) is 14.4 Å². The van der Waals surface area contributed by atoms with Gasteiger partial charge in [0.25, 0.3) is 27.7 Å². The molecule has 0 saturated carbocycles. The number of unbranched alkanes of at least 4 members (excludes halogenated alkanes) is 1. The summed E-state index contributed by atoms with van der Waals surface area (Å²) < 4.78 is 30.6. The highest BCUT2D eigenvalue weighted by Gasteiger charge is 2.30. The minimum Gasteiger partial charge on any atom is -0.334 e. The smallest absolute Gasteiger partial charge is 0.280 e. The molecule has 0 aliphatic carbocycles. The van der Waals surface area contributed by atoms with Gasteiger partial charge in [-0.15, -0.1) is 0 Å². The standard InChI is InChI=1S/C44H42ClN5O5S/c1-4-6-24-49(36-19-15-30(5-2)16-20-36)44(53)41-40(45)29(3)50(46-41)39-22-18-34(27-38(39)43(52)48-25-23-32-12-8-10-14-35(32)28-48)42(51)47-56(54,55)37-21-17-31-11-7-9-13-33(31)26-37/h7-22,26-27H,4-6,23-25,28H2,1-3H3,(H,47,51). The number of carbonyl (C=O) groups is 3. The van der Waals surface area contributed by atoms with Gasteiger partial charge in [0, 0.05) is 30.9 Å². The Hall–Kier alpha value is -5.78. The van der Waals surface area contributed by atoms with Crippen molar-refractivity contribution in [2.45, 2.75) is 57.9 Å².